The lowest BCUT2D eigenvalue weighted by Crippen LogP contribution is -2.43. The van der Waals surface area contributed by atoms with Gasteiger partial charge in [-0.25, -0.2) is 0 Å². The quantitative estimate of drug-likeness (QED) is 0.834. The van der Waals surface area contributed by atoms with Crippen molar-refractivity contribution in [3.63, 3.8) is 0 Å². The summed E-state index contributed by atoms with van der Waals surface area (Å²) in [6.45, 7) is 2.39. The number of carbonyl (C=O) groups excluding carboxylic acids is 2. The number of nitrogens with one attached hydrogen (secondary N) is 1. The number of carbonyl (C=O) groups is 2. The van der Waals surface area contributed by atoms with Gasteiger partial charge in [0, 0.05) is 31.2 Å². The van der Waals surface area contributed by atoms with E-state index in [4.69, 9.17) is 0 Å². The number of amides is 2. The number of benzene rings is 2. The van der Waals surface area contributed by atoms with Gasteiger partial charge in [0.15, 0.2) is 0 Å². The summed E-state index contributed by atoms with van der Waals surface area (Å²) < 4.78 is 0. The molecule has 1 unspecified atom stereocenters. The van der Waals surface area contributed by atoms with E-state index in [9.17, 15) is 14.9 Å². The van der Waals surface area contributed by atoms with Gasteiger partial charge < -0.3 is 10.2 Å². The Balaban J connectivity index is 1.36. The minimum atomic E-state index is -0.287. The van der Waals surface area contributed by atoms with Crippen molar-refractivity contribution >= 4 is 11.8 Å². The molecule has 2 fully saturated rings. The van der Waals surface area contributed by atoms with Crippen molar-refractivity contribution in [2.45, 2.75) is 31.3 Å². The predicted molar refractivity (Wildman–Crippen MR) is 115 cm³/mol. The van der Waals surface area contributed by atoms with Crippen LogP contribution in [0, 0.1) is 11.3 Å². The molecule has 0 radical (unpaired) electrons. The highest BCUT2D eigenvalue weighted by Crippen LogP contribution is 2.24. The molecule has 2 saturated heterocycles. The molecule has 2 heterocycles. The normalized spacial score (nSPS) is 21.4. The molecule has 0 aliphatic carbocycles. The Morgan fingerprint density at radius 1 is 1.03 bits per heavy atom. The van der Waals surface area contributed by atoms with Crippen LogP contribution in [0.4, 0.5) is 0 Å². The minimum absolute atomic E-state index is 0.0134. The molecule has 4 rings (SSSR count). The average molecular weight is 402 g/mol. The SMILES string of the molecule is N#CC1CCCN1C(=O)CN1CC[C@H](NC(=O)c2ccccc2-c2ccccc2)C1. The van der Waals surface area contributed by atoms with Crippen LogP contribution in [0.15, 0.2) is 54.6 Å². The minimum Gasteiger partial charge on any atom is -0.348 e. The number of rotatable bonds is 5. The van der Waals surface area contributed by atoms with Gasteiger partial charge >= 0.3 is 0 Å². The van der Waals surface area contributed by atoms with Crippen LogP contribution >= 0.6 is 0 Å². The van der Waals surface area contributed by atoms with Crippen LogP contribution < -0.4 is 5.32 Å². The molecule has 30 heavy (non-hydrogen) atoms. The maximum absolute atomic E-state index is 13.0. The van der Waals surface area contributed by atoms with Gasteiger partial charge in [0.2, 0.25) is 5.91 Å². The van der Waals surface area contributed by atoms with E-state index in [0.717, 1.165) is 36.9 Å². The van der Waals surface area contributed by atoms with Crippen LogP contribution in [-0.2, 0) is 4.79 Å². The van der Waals surface area contributed by atoms with Crippen LogP contribution in [0.1, 0.15) is 29.6 Å². The Hall–Kier alpha value is -3.17. The van der Waals surface area contributed by atoms with Crippen molar-refractivity contribution in [3.05, 3.63) is 60.2 Å². The summed E-state index contributed by atoms with van der Waals surface area (Å²) in [5.74, 6) is -0.0721. The second-order valence-electron chi connectivity index (χ2n) is 7.98. The van der Waals surface area contributed by atoms with Crippen molar-refractivity contribution < 1.29 is 9.59 Å². The molecule has 2 atom stereocenters. The smallest absolute Gasteiger partial charge is 0.252 e. The van der Waals surface area contributed by atoms with E-state index in [2.05, 4.69) is 16.3 Å². The number of nitrogens with zero attached hydrogens (tertiary/aromatic N) is 3. The third kappa shape index (κ3) is 4.37. The number of likely N-dealkylation sites (tertiary alicyclic amines) is 2. The van der Waals surface area contributed by atoms with E-state index in [1.54, 1.807) is 4.90 Å². The van der Waals surface area contributed by atoms with Crippen molar-refractivity contribution in [2.75, 3.05) is 26.2 Å². The second-order valence-corrected chi connectivity index (χ2v) is 7.98. The van der Waals surface area contributed by atoms with Gasteiger partial charge in [0.1, 0.15) is 6.04 Å². The first-order chi connectivity index (χ1) is 14.7. The molecular formula is C24H26N4O2. The van der Waals surface area contributed by atoms with Crippen molar-refractivity contribution in [1.29, 1.82) is 5.26 Å². The molecule has 2 aromatic carbocycles. The first kappa shape index (κ1) is 20.1. The Morgan fingerprint density at radius 3 is 2.60 bits per heavy atom. The van der Waals surface area contributed by atoms with Gasteiger partial charge in [-0.05, 0) is 36.5 Å². The van der Waals surface area contributed by atoms with E-state index in [1.807, 2.05) is 54.6 Å². The van der Waals surface area contributed by atoms with Crippen LogP contribution in [0.3, 0.4) is 0 Å². The zero-order valence-electron chi connectivity index (χ0n) is 17.0. The summed E-state index contributed by atoms with van der Waals surface area (Å²) in [6, 6.07) is 19.5. The van der Waals surface area contributed by atoms with Gasteiger partial charge in [0.25, 0.3) is 5.91 Å². The summed E-state index contributed by atoms with van der Waals surface area (Å²) in [6.07, 6.45) is 2.47. The Morgan fingerprint density at radius 2 is 1.80 bits per heavy atom. The molecular weight excluding hydrogens is 376 g/mol. The van der Waals surface area contributed by atoms with Crippen molar-refractivity contribution in [1.82, 2.24) is 15.1 Å². The highest BCUT2D eigenvalue weighted by atomic mass is 16.2. The third-order valence-corrected chi connectivity index (χ3v) is 5.95. The highest BCUT2D eigenvalue weighted by Gasteiger charge is 2.32. The first-order valence-electron chi connectivity index (χ1n) is 10.5. The fourth-order valence-corrected chi connectivity index (χ4v) is 4.39. The maximum Gasteiger partial charge on any atom is 0.252 e. The molecule has 6 nitrogen and oxygen atoms in total. The molecule has 0 aromatic heterocycles. The maximum atomic E-state index is 13.0. The molecule has 2 aliphatic rings. The zero-order chi connectivity index (χ0) is 20.9. The summed E-state index contributed by atoms with van der Waals surface area (Å²) in [4.78, 5) is 29.3. The van der Waals surface area contributed by atoms with E-state index in [-0.39, 0.29) is 23.9 Å². The Kier molecular flexibility index (Phi) is 6.10. The fourth-order valence-electron chi connectivity index (χ4n) is 4.39. The van der Waals surface area contributed by atoms with E-state index in [1.165, 1.54) is 0 Å². The van der Waals surface area contributed by atoms with Crippen LogP contribution in [0.25, 0.3) is 11.1 Å². The Bertz CT molecular complexity index is 953. The molecule has 0 bridgehead atoms. The van der Waals surface area contributed by atoms with Crippen LogP contribution in [-0.4, -0.2) is 59.9 Å². The lowest BCUT2D eigenvalue weighted by atomic mass is 9.99. The van der Waals surface area contributed by atoms with Gasteiger partial charge in [0.05, 0.1) is 12.6 Å². The molecule has 1 N–H and O–H groups in total. The first-order valence-corrected chi connectivity index (χ1v) is 10.5. The standard InChI is InChI=1S/C24H26N4O2/c25-15-20-9-6-13-28(20)23(29)17-27-14-12-19(16-27)26-24(30)22-11-5-4-10-21(22)18-7-2-1-3-8-18/h1-5,7-8,10-11,19-20H,6,9,12-14,16-17H2,(H,26,30)/t19-,20?/m0/s1. The monoisotopic (exact) mass is 402 g/mol. The summed E-state index contributed by atoms with van der Waals surface area (Å²) in [7, 11) is 0. The van der Waals surface area contributed by atoms with Gasteiger partial charge in [-0.15, -0.1) is 0 Å². The van der Waals surface area contributed by atoms with E-state index < -0.39 is 0 Å². The molecule has 0 saturated carbocycles. The average Bonchev–Trinajstić information content (AvgIpc) is 3.43. The number of hydrogen-bond acceptors (Lipinski definition) is 4. The molecule has 2 aliphatic heterocycles. The summed E-state index contributed by atoms with van der Waals surface area (Å²) in [5.41, 5.74) is 2.59. The lowest BCUT2D eigenvalue weighted by Gasteiger charge is -2.23. The van der Waals surface area contributed by atoms with Crippen molar-refractivity contribution in [3.8, 4) is 17.2 Å². The largest absolute Gasteiger partial charge is 0.348 e. The van der Waals surface area contributed by atoms with Gasteiger partial charge in [-0.2, -0.15) is 5.26 Å². The molecule has 6 heteroatoms. The summed E-state index contributed by atoms with van der Waals surface area (Å²) in [5, 5.41) is 12.3. The molecule has 0 spiro atoms. The van der Waals surface area contributed by atoms with E-state index >= 15 is 0 Å². The lowest BCUT2D eigenvalue weighted by molar-refractivity contribution is -0.132. The second kappa shape index (κ2) is 9.10. The van der Waals surface area contributed by atoms with Crippen LogP contribution in [0.5, 0.6) is 0 Å². The zero-order valence-corrected chi connectivity index (χ0v) is 17.0. The Labute approximate surface area is 177 Å². The topological polar surface area (TPSA) is 76.4 Å². The highest BCUT2D eigenvalue weighted by molar-refractivity contribution is 6.01. The molecule has 154 valence electrons. The van der Waals surface area contributed by atoms with Gasteiger partial charge in [-0.3, -0.25) is 14.5 Å². The summed E-state index contributed by atoms with van der Waals surface area (Å²) >= 11 is 0. The fraction of sp³-hybridized carbons (Fsp3) is 0.375. The van der Waals surface area contributed by atoms with Crippen LogP contribution in [0.2, 0.25) is 0 Å². The number of hydrogen-bond donors (Lipinski definition) is 1. The van der Waals surface area contributed by atoms with Gasteiger partial charge in [-0.1, -0.05) is 48.5 Å². The molecule has 2 amide bonds. The molecule has 2 aromatic rings. The predicted octanol–water partition coefficient (Wildman–Crippen LogP) is 2.67. The third-order valence-electron chi connectivity index (χ3n) is 5.95. The van der Waals surface area contributed by atoms with Crippen molar-refractivity contribution in [2.24, 2.45) is 0 Å². The number of nitriles is 1. The van der Waals surface area contributed by atoms with E-state index in [0.29, 0.717) is 25.2 Å².